The summed E-state index contributed by atoms with van der Waals surface area (Å²) in [5, 5.41) is 7.87. The molecular weight excluding hydrogens is 212 g/mol. The third kappa shape index (κ3) is 3.07. The zero-order valence-electron chi connectivity index (χ0n) is 10.6. The fourth-order valence-corrected chi connectivity index (χ4v) is 2.66. The van der Waals surface area contributed by atoms with Crippen molar-refractivity contribution >= 4 is 0 Å². The maximum absolute atomic E-state index is 4.22. The molecule has 4 heteroatoms. The van der Waals surface area contributed by atoms with E-state index in [1.54, 1.807) is 0 Å². The van der Waals surface area contributed by atoms with Crippen molar-refractivity contribution in [1.82, 2.24) is 20.0 Å². The van der Waals surface area contributed by atoms with E-state index in [4.69, 9.17) is 0 Å². The molecule has 2 heterocycles. The Labute approximate surface area is 103 Å². The number of hydrogen-bond acceptors (Lipinski definition) is 3. The Kier molecular flexibility index (Phi) is 3.16. The Balaban J connectivity index is 1.43. The molecule has 1 aliphatic carbocycles. The summed E-state index contributed by atoms with van der Waals surface area (Å²) >= 11 is 0. The molecule has 1 aromatic heterocycles. The number of nitrogens with one attached hydrogen (secondary N) is 1. The van der Waals surface area contributed by atoms with Crippen LogP contribution in [0.5, 0.6) is 0 Å². The van der Waals surface area contributed by atoms with Crippen molar-refractivity contribution in [2.75, 3.05) is 19.6 Å². The van der Waals surface area contributed by atoms with Crippen molar-refractivity contribution in [1.29, 1.82) is 0 Å². The average molecular weight is 234 g/mol. The van der Waals surface area contributed by atoms with Crippen molar-refractivity contribution in [3.63, 3.8) is 0 Å². The van der Waals surface area contributed by atoms with Gasteiger partial charge in [0, 0.05) is 37.9 Å². The highest BCUT2D eigenvalue weighted by atomic mass is 15.2. The lowest BCUT2D eigenvalue weighted by Crippen LogP contribution is -2.27. The molecule has 1 N–H and O–H groups in total. The molecule has 0 amide bonds. The monoisotopic (exact) mass is 234 g/mol. The summed E-state index contributed by atoms with van der Waals surface area (Å²) in [4.78, 5) is 2.55. The summed E-state index contributed by atoms with van der Waals surface area (Å²) in [6, 6.07) is 0.849. The van der Waals surface area contributed by atoms with Crippen LogP contribution in [-0.4, -0.2) is 40.4 Å². The van der Waals surface area contributed by atoms with Gasteiger partial charge < -0.3 is 5.32 Å². The maximum Gasteiger partial charge on any atom is 0.0534 e. The molecule has 1 aliphatic heterocycles. The Morgan fingerprint density at radius 1 is 1.41 bits per heavy atom. The van der Waals surface area contributed by atoms with Crippen LogP contribution < -0.4 is 5.32 Å². The fourth-order valence-electron chi connectivity index (χ4n) is 2.66. The summed E-state index contributed by atoms with van der Waals surface area (Å²) in [6.45, 7) is 4.77. The molecule has 0 aromatic carbocycles. The molecule has 0 bridgehead atoms. The van der Waals surface area contributed by atoms with E-state index < -0.39 is 0 Å². The van der Waals surface area contributed by atoms with Crippen LogP contribution in [0, 0.1) is 5.92 Å². The van der Waals surface area contributed by atoms with E-state index in [9.17, 15) is 0 Å². The van der Waals surface area contributed by atoms with Gasteiger partial charge >= 0.3 is 0 Å². The second-order valence-electron chi connectivity index (χ2n) is 5.59. The summed E-state index contributed by atoms with van der Waals surface area (Å²) in [5.41, 5.74) is 1.34. The van der Waals surface area contributed by atoms with Crippen LogP contribution in [0.3, 0.4) is 0 Å². The second kappa shape index (κ2) is 4.78. The number of hydrogen-bond donors (Lipinski definition) is 1. The van der Waals surface area contributed by atoms with Crippen LogP contribution in [0.1, 0.15) is 24.8 Å². The van der Waals surface area contributed by atoms with Gasteiger partial charge in [-0.15, -0.1) is 0 Å². The first kappa shape index (κ1) is 11.2. The first-order valence-corrected chi connectivity index (χ1v) is 6.73. The lowest BCUT2D eigenvalue weighted by Gasteiger charge is -2.15. The lowest BCUT2D eigenvalue weighted by molar-refractivity contribution is 0.314. The van der Waals surface area contributed by atoms with Crippen LogP contribution >= 0.6 is 0 Å². The van der Waals surface area contributed by atoms with Gasteiger partial charge in [-0.1, -0.05) is 0 Å². The highest BCUT2D eigenvalue weighted by Crippen LogP contribution is 2.22. The Bertz CT molecular complexity index is 369. The molecule has 1 aromatic rings. The van der Waals surface area contributed by atoms with Gasteiger partial charge in [-0.25, -0.2) is 0 Å². The van der Waals surface area contributed by atoms with Crippen molar-refractivity contribution in [2.45, 2.75) is 31.8 Å². The molecule has 1 saturated heterocycles. The minimum Gasteiger partial charge on any atom is -0.314 e. The number of likely N-dealkylation sites (tertiary alicyclic amines) is 1. The fraction of sp³-hybridized carbons (Fsp3) is 0.769. The first-order valence-electron chi connectivity index (χ1n) is 6.73. The van der Waals surface area contributed by atoms with Gasteiger partial charge in [-0.05, 0) is 38.3 Å². The largest absolute Gasteiger partial charge is 0.314 e. The quantitative estimate of drug-likeness (QED) is 0.825. The van der Waals surface area contributed by atoms with Gasteiger partial charge in [0.05, 0.1) is 6.20 Å². The van der Waals surface area contributed by atoms with E-state index in [0.717, 1.165) is 18.5 Å². The predicted molar refractivity (Wildman–Crippen MR) is 67.6 cm³/mol. The number of aryl methyl sites for hydroxylation is 1. The molecule has 0 radical (unpaired) electrons. The highest BCUT2D eigenvalue weighted by molar-refractivity contribution is 5.03. The van der Waals surface area contributed by atoms with E-state index in [1.807, 2.05) is 17.9 Å². The summed E-state index contributed by atoms with van der Waals surface area (Å²) in [6.07, 6.45) is 8.24. The van der Waals surface area contributed by atoms with Crippen LogP contribution in [0.2, 0.25) is 0 Å². The van der Waals surface area contributed by atoms with Crippen molar-refractivity contribution in [3.8, 4) is 0 Å². The van der Waals surface area contributed by atoms with Crippen molar-refractivity contribution < 1.29 is 0 Å². The maximum atomic E-state index is 4.22. The van der Waals surface area contributed by atoms with E-state index in [2.05, 4.69) is 21.5 Å². The third-order valence-electron chi connectivity index (χ3n) is 3.81. The molecule has 2 fully saturated rings. The van der Waals surface area contributed by atoms with Crippen molar-refractivity contribution in [3.05, 3.63) is 18.0 Å². The minimum absolute atomic E-state index is 0.849. The lowest BCUT2D eigenvalue weighted by atomic mass is 10.1. The highest BCUT2D eigenvalue weighted by Gasteiger charge is 2.26. The zero-order chi connectivity index (χ0) is 11.7. The molecule has 0 spiro atoms. The molecule has 94 valence electrons. The van der Waals surface area contributed by atoms with E-state index in [-0.39, 0.29) is 0 Å². The Hall–Kier alpha value is -0.870. The number of rotatable bonds is 5. The molecule has 2 aliphatic rings. The molecule has 4 nitrogen and oxygen atoms in total. The van der Waals surface area contributed by atoms with Crippen LogP contribution in [-0.2, 0) is 13.6 Å². The molecule has 1 atom stereocenters. The molecule has 17 heavy (non-hydrogen) atoms. The van der Waals surface area contributed by atoms with E-state index in [0.29, 0.717) is 0 Å². The Morgan fingerprint density at radius 2 is 2.29 bits per heavy atom. The Morgan fingerprint density at radius 3 is 3.00 bits per heavy atom. The average Bonchev–Trinajstić information content (AvgIpc) is 2.90. The molecular formula is C13H22N4. The van der Waals surface area contributed by atoms with Crippen molar-refractivity contribution in [2.24, 2.45) is 13.0 Å². The smallest absolute Gasteiger partial charge is 0.0534 e. The van der Waals surface area contributed by atoms with Gasteiger partial charge in [0.25, 0.3) is 0 Å². The van der Waals surface area contributed by atoms with Gasteiger partial charge in [0.1, 0.15) is 0 Å². The minimum atomic E-state index is 0.849. The standard InChI is InChI=1S/C13H22N4/c1-16-8-12(7-15-16)10-17-5-4-11(9-17)6-14-13-2-3-13/h7-8,11,13-14H,2-6,9-10H2,1H3. The zero-order valence-corrected chi connectivity index (χ0v) is 10.6. The summed E-state index contributed by atoms with van der Waals surface area (Å²) < 4.78 is 1.89. The molecule has 1 unspecified atom stereocenters. The van der Waals surface area contributed by atoms with E-state index >= 15 is 0 Å². The first-order chi connectivity index (χ1) is 8.29. The third-order valence-corrected chi connectivity index (χ3v) is 3.81. The van der Waals surface area contributed by atoms with Crippen LogP contribution in [0.15, 0.2) is 12.4 Å². The van der Waals surface area contributed by atoms with Gasteiger partial charge in [0.15, 0.2) is 0 Å². The normalized spacial score (nSPS) is 25.6. The predicted octanol–water partition coefficient (Wildman–Crippen LogP) is 0.994. The molecule has 1 saturated carbocycles. The summed E-state index contributed by atoms with van der Waals surface area (Å²) in [7, 11) is 1.98. The van der Waals surface area contributed by atoms with Gasteiger partial charge in [0.2, 0.25) is 0 Å². The number of aromatic nitrogens is 2. The van der Waals surface area contributed by atoms with E-state index in [1.165, 1.54) is 44.5 Å². The second-order valence-corrected chi connectivity index (χ2v) is 5.59. The van der Waals surface area contributed by atoms with Gasteiger partial charge in [-0.2, -0.15) is 5.10 Å². The van der Waals surface area contributed by atoms with Gasteiger partial charge in [-0.3, -0.25) is 9.58 Å². The topological polar surface area (TPSA) is 33.1 Å². The van der Waals surface area contributed by atoms with Crippen LogP contribution in [0.4, 0.5) is 0 Å². The SMILES string of the molecule is Cn1cc(CN2CCC(CNC3CC3)C2)cn1. The number of nitrogens with zero attached hydrogens (tertiary/aromatic N) is 3. The van der Waals surface area contributed by atoms with Crippen LogP contribution in [0.25, 0.3) is 0 Å². The molecule has 3 rings (SSSR count). The summed E-state index contributed by atoms with van der Waals surface area (Å²) in [5.74, 6) is 0.854.